The van der Waals surface area contributed by atoms with Gasteiger partial charge in [0.05, 0.1) is 4.75 Å². The van der Waals surface area contributed by atoms with Crippen LogP contribution in [0, 0.1) is 12.7 Å². The zero-order valence-corrected chi connectivity index (χ0v) is 12.7. The molecular weight excluding hydrogens is 305 g/mol. The zero-order valence-electron chi connectivity index (χ0n) is 10.3. The predicted molar refractivity (Wildman–Crippen MR) is 74.3 cm³/mol. The fraction of sp³-hybridized carbons (Fsp3) is 0.417. The number of hydrogen-bond acceptors (Lipinski definition) is 1. The topological polar surface area (TPSA) is 29.4 Å². The summed E-state index contributed by atoms with van der Waals surface area (Å²) in [7, 11) is -1.37. The smallest absolute Gasteiger partial charge is 0.144 e. The Labute approximate surface area is 112 Å². The highest BCUT2D eigenvalue weighted by atomic mass is 79.9. The van der Waals surface area contributed by atoms with Crippen LogP contribution in [0.1, 0.15) is 31.9 Å². The molecule has 2 nitrogen and oxygen atoms in total. The summed E-state index contributed by atoms with van der Waals surface area (Å²) in [6, 6.07) is 3.30. The lowest BCUT2D eigenvalue weighted by Gasteiger charge is -2.12. The average molecular weight is 320 g/mol. The van der Waals surface area contributed by atoms with E-state index in [4.69, 9.17) is 0 Å². The second kappa shape index (κ2) is 5.40. The van der Waals surface area contributed by atoms with Crippen LogP contribution in [-0.4, -0.2) is 15.2 Å². The van der Waals surface area contributed by atoms with Gasteiger partial charge in [-0.05, 0) is 45.4 Å². The maximum absolute atomic E-state index is 13.7. The molecule has 0 aliphatic heterocycles. The van der Waals surface area contributed by atoms with Gasteiger partial charge in [-0.1, -0.05) is 15.9 Å². The van der Waals surface area contributed by atoms with Gasteiger partial charge >= 0.3 is 0 Å². The van der Waals surface area contributed by atoms with Crippen molar-refractivity contribution in [3.63, 3.8) is 0 Å². The van der Waals surface area contributed by atoms with Crippen molar-refractivity contribution in [2.75, 3.05) is 0 Å². The highest BCUT2D eigenvalue weighted by Crippen LogP contribution is 2.19. The molecule has 94 valence electrons. The molecule has 0 heterocycles. The summed E-state index contributed by atoms with van der Waals surface area (Å²) >= 11 is 3.29. The Hall–Kier alpha value is -0.550. The number of halogens is 2. The first kappa shape index (κ1) is 14.5. The molecule has 0 bridgehead atoms. The second-order valence-electron chi connectivity index (χ2n) is 4.72. The summed E-state index contributed by atoms with van der Waals surface area (Å²) in [6.07, 6.45) is 1.33. The van der Waals surface area contributed by atoms with Gasteiger partial charge in [-0.2, -0.15) is 4.40 Å². The van der Waals surface area contributed by atoms with Crippen LogP contribution in [0.4, 0.5) is 4.39 Å². The Kier molecular flexibility index (Phi) is 4.61. The molecule has 0 spiro atoms. The van der Waals surface area contributed by atoms with Gasteiger partial charge in [0.2, 0.25) is 0 Å². The largest absolute Gasteiger partial charge is 0.234 e. The molecule has 0 aliphatic carbocycles. The first-order chi connectivity index (χ1) is 7.71. The highest BCUT2D eigenvalue weighted by Gasteiger charge is 2.18. The number of aryl methyl sites for hydroxylation is 1. The van der Waals surface area contributed by atoms with Crippen LogP contribution < -0.4 is 0 Å². The Balaban J connectivity index is 3.04. The van der Waals surface area contributed by atoms with Crippen molar-refractivity contribution >= 4 is 33.1 Å². The molecule has 5 heteroatoms. The van der Waals surface area contributed by atoms with Crippen LogP contribution >= 0.6 is 15.9 Å². The van der Waals surface area contributed by atoms with Crippen LogP contribution in [0.3, 0.4) is 0 Å². The first-order valence-corrected chi connectivity index (χ1v) is 7.03. The van der Waals surface area contributed by atoms with Gasteiger partial charge in [0.15, 0.2) is 0 Å². The molecule has 0 N–H and O–H groups in total. The van der Waals surface area contributed by atoms with Crippen LogP contribution in [0.25, 0.3) is 0 Å². The van der Waals surface area contributed by atoms with Crippen molar-refractivity contribution in [3.8, 4) is 0 Å². The molecule has 0 unspecified atom stereocenters. The monoisotopic (exact) mass is 319 g/mol. The lowest BCUT2D eigenvalue weighted by molar-refractivity contribution is 0.616. The lowest BCUT2D eigenvalue weighted by Crippen LogP contribution is -2.19. The van der Waals surface area contributed by atoms with Gasteiger partial charge in [0.25, 0.3) is 0 Å². The third-order valence-corrected chi connectivity index (χ3v) is 3.86. The molecule has 1 rings (SSSR count). The van der Waals surface area contributed by atoms with Gasteiger partial charge in [-0.25, -0.2) is 8.60 Å². The minimum Gasteiger partial charge on any atom is -0.234 e. The summed E-state index contributed by atoms with van der Waals surface area (Å²) in [4.78, 5) is 0. The second-order valence-corrected chi connectivity index (χ2v) is 7.57. The van der Waals surface area contributed by atoms with Crippen LogP contribution in [-0.2, 0) is 11.0 Å². The molecule has 0 saturated carbocycles. The van der Waals surface area contributed by atoms with E-state index in [-0.39, 0.29) is 5.82 Å². The minimum atomic E-state index is -1.37. The summed E-state index contributed by atoms with van der Waals surface area (Å²) in [5.74, 6) is -0.331. The maximum atomic E-state index is 13.7. The third kappa shape index (κ3) is 4.00. The summed E-state index contributed by atoms with van der Waals surface area (Å²) in [5, 5.41) is 0. The number of benzene rings is 1. The number of nitrogens with zero attached hydrogens (tertiary/aromatic N) is 1. The summed E-state index contributed by atoms with van der Waals surface area (Å²) in [6.45, 7) is 7.15. The SMILES string of the molecule is Cc1cc(Br)cc(/C=N/[S@](=O)C(C)(C)C)c1F. The summed E-state index contributed by atoms with van der Waals surface area (Å²) in [5.41, 5.74) is 0.872. The Morgan fingerprint density at radius 2 is 2.00 bits per heavy atom. The fourth-order valence-corrected chi connectivity index (χ4v) is 2.22. The van der Waals surface area contributed by atoms with E-state index in [1.54, 1.807) is 19.1 Å². The van der Waals surface area contributed by atoms with Crippen LogP contribution in [0.2, 0.25) is 0 Å². The maximum Gasteiger partial charge on any atom is 0.144 e. The third-order valence-electron chi connectivity index (χ3n) is 2.06. The Morgan fingerprint density at radius 1 is 1.41 bits per heavy atom. The molecule has 1 aromatic rings. The highest BCUT2D eigenvalue weighted by molar-refractivity contribution is 9.10. The van der Waals surface area contributed by atoms with Gasteiger partial charge in [0, 0.05) is 16.3 Å². The van der Waals surface area contributed by atoms with Gasteiger partial charge in [-0.3, -0.25) is 0 Å². The molecular formula is C12H15BrFNOS. The van der Waals surface area contributed by atoms with Gasteiger partial charge in [-0.15, -0.1) is 0 Å². The molecule has 0 fully saturated rings. The van der Waals surface area contributed by atoms with Crippen LogP contribution in [0.15, 0.2) is 21.0 Å². The number of hydrogen-bond donors (Lipinski definition) is 0. The zero-order chi connectivity index (χ0) is 13.2. The van der Waals surface area contributed by atoms with E-state index in [1.165, 1.54) is 6.21 Å². The Morgan fingerprint density at radius 3 is 2.53 bits per heavy atom. The van der Waals surface area contributed by atoms with E-state index in [1.807, 2.05) is 20.8 Å². The quantitative estimate of drug-likeness (QED) is 0.763. The molecule has 0 saturated heterocycles. The van der Waals surface area contributed by atoms with E-state index >= 15 is 0 Å². The Bertz CT molecular complexity index is 480. The average Bonchev–Trinajstić information content (AvgIpc) is 2.19. The fourth-order valence-electron chi connectivity index (χ4n) is 1.11. The van der Waals surface area contributed by atoms with E-state index < -0.39 is 15.7 Å². The summed E-state index contributed by atoms with van der Waals surface area (Å²) < 4.78 is 29.7. The normalized spacial score (nSPS) is 14.2. The minimum absolute atomic E-state index is 0.331. The number of rotatable bonds is 2. The molecule has 1 atom stereocenters. The molecule has 0 amide bonds. The van der Waals surface area contributed by atoms with Crippen molar-refractivity contribution in [3.05, 3.63) is 33.5 Å². The molecule has 0 aliphatic rings. The van der Waals surface area contributed by atoms with Gasteiger partial charge < -0.3 is 0 Å². The van der Waals surface area contributed by atoms with Crippen LogP contribution in [0.5, 0.6) is 0 Å². The predicted octanol–water partition coefficient (Wildman–Crippen LogP) is 3.78. The van der Waals surface area contributed by atoms with E-state index in [9.17, 15) is 8.60 Å². The van der Waals surface area contributed by atoms with E-state index in [2.05, 4.69) is 20.3 Å². The van der Waals surface area contributed by atoms with Crippen molar-refractivity contribution in [2.45, 2.75) is 32.4 Å². The molecule has 0 radical (unpaired) electrons. The van der Waals surface area contributed by atoms with E-state index in [0.29, 0.717) is 11.1 Å². The van der Waals surface area contributed by atoms with Crippen molar-refractivity contribution < 1.29 is 8.60 Å². The van der Waals surface area contributed by atoms with Crippen molar-refractivity contribution in [2.24, 2.45) is 4.40 Å². The molecule has 1 aromatic carbocycles. The molecule has 17 heavy (non-hydrogen) atoms. The first-order valence-electron chi connectivity index (χ1n) is 5.13. The lowest BCUT2D eigenvalue weighted by atomic mass is 10.1. The van der Waals surface area contributed by atoms with E-state index in [0.717, 1.165) is 4.47 Å². The van der Waals surface area contributed by atoms with Crippen molar-refractivity contribution in [1.82, 2.24) is 0 Å². The van der Waals surface area contributed by atoms with Gasteiger partial charge in [0.1, 0.15) is 16.8 Å². The van der Waals surface area contributed by atoms with Crippen molar-refractivity contribution in [1.29, 1.82) is 0 Å². The standard InChI is InChI=1S/C12H15BrFNOS/c1-8-5-10(13)6-9(11(8)14)7-15-17(16)12(2,3)4/h5-7H,1-4H3/b15-7+/t17-/m1/s1. The molecule has 0 aromatic heterocycles.